The molecule has 0 amide bonds. The number of para-hydroxylation sites is 1. The third-order valence-corrected chi connectivity index (χ3v) is 6.18. The van der Waals surface area contributed by atoms with Crippen LogP contribution in [0.1, 0.15) is 49.4 Å². The molecular weight excluding hydrogens is 476 g/mol. The Kier molecular flexibility index (Phi) is 19.1. The lowest BCUT2D eigenvalue weighted by Crippen LogP contribution is -2.07. The van der Waals surface area contributed by atoms with E-state index in [1.165, 1.54) is 48.4 Å². The van der Waals surface area contributed by atoms with E-state index in [4.69, 9.17) is 0 Å². The van der Waals surface area contributed by atoms with Gasteiger partial charge in [0.1, 0.15) is 0 Å². The van der Waals surface area contributed by atoms with E-state index in [1.807, 2.05) is 66.5 Å². The summed E-state index contributed by atoms with van der Waals surface area (Å²) in [5.74, 6) is 3.07. The quantitative estimate of drug-likeness (QED) is 0.108. The smallest absolute Gasteiger partial charge is 0.152 e. The van der Waals surface area contributed by atoms with Crippen LogP contribution in [-0.2, 0) is 0 Å². The molecule has 168 valence electrons. The van der Waals surface area contributed by atoms with Gasteiger partial charge < -0.3 is 9.62 Å². The second-order valence-corrected chi connectivity index (χ2v) is 8.47. The van der Waals surface area contributed by atoms with Gasteiger partial charge in [-0.3, -0.25) is 4.79 Å². The van der Waals surface area contributed by atoms with Crippen LogP contribution < -0.4 is 9.62 Å². The maximum atomic E-state index is 10.6. The van der Waals surface area contributed by atoms with Crippen LogP contribution in [0.5, 0.6) is 0 Å². The molecule has 2 aromatic rings. The molecule has 30 heavy (non-hydrogen) atoms. The highest BCUT2D eigenvalue weighted by atomic mass is 79.9. The lowest BCUT2D eigenvalue weighted by Gasteiger charge is -2.16. The van der Waals surface area contributed by atoms with E-state index in [2.05, 4.69) is 52.4 Å². The Labute approximate surface area is 201 Å². The summed E-state index contributed by atoms with van der Waals surface area (Å²) in [6.45, 7) is 2.26. The van der Waals surface area contributed by atoms with Crippen molar-refractivity contribution in [2.24, 2.45) is 0 Å². The molecule has 0 aliphatic carbocycles. The Hall–Kier alpha value is -1.11. The van der Waals surface area contributed by atoms with Gasteiger partial charge in [0.05, 0.1) is 5.69 Å². The summed E-state index contributed by atoms with van der Waals surface area (Å²) in [5.41, 5.74) is 2.88. The average molecular weight is 514 g/mol. The standard InChI is InChI=1S/C14H23NS.C9H11NOS.CH3Br/c1-3-4-5-6-7-12-16-14-10-8-13(15-2)9-11-14;1-10(12-2)9-6-4-3-5-8(9)7-11;1-2/h8-11,15H,3-7,12H2,1-2H3;3-7H,1-2H3;1H3. The fraction of sp³-hybridized carbons (Fsp3) is 0.458. The zero-order chi connectivity index (χ0) is 22.6. The van der Waals surface area contributed by atoms with Crippen molar-refractivity contribution in [2.45, 2.75) is 43.9 Å². The Morgan fingerprint density at radius 3 is 2.20 bits per heavy atom. The van der Waals surface area contributed by atoms with Gasteiger partial charge in [-0.05, 0) is 54.4 Å². The number of benzene rings is 2. The number of unbranched alkanes of at least 4 members (excludes halogenated alkanes) is 4. The molecule has 1 N–H and O–H groups in total. The van der Waals surface area contributed by atoms with Gasteiger partial charge >= 0.3 is 0 Å². The van der Waals surface area contributed by atoms with Crippen molar-refractivity contribution in [3.05, 3.63) is 54.1 Å². The van der Waals surface area contributed by atoms with E-state index in [0.29, 0.717) is 0 Å². The summed E-state index contributed by atoms with van der Waals surface area (Å²) in [5, 5.41) is 3.14. The average Bonchev–Trinajstić information content (AvgIpc) is 2.82. The fourth-order valence-electron chi connectivity index (χ4n) is 2.59. The Morgan fingerprint density at radius 2 is 1.63 bits per heavy atom. The van der Waals surface area contributed by atoms with Crippen LogP contribution in [0.25, 0.3) is 0 Å². The van der Waals surface area contributed by atoms with Crippen LogP contribution in [0.2, 0.25) is 0 Å². The molecule has 0 aromatic heterocycles. The molecule has 0 bridgehead atoms. The molecule has 0 saturated heterocycles. The minimum atomic E-state index is 0.731. The summed E-state index contributed by atoms with van der Waals surface area (Å²) >= 11 is 6.49. The first-order valence-electron chi connectivity index (χ1n) is 10.3. The van der Waals surface area contributed by atoms with E-state index >= 15 is 0 Å². The molecule has 0 aliphatic rings. The number of nitrogens with one attached hydrogen (secondary N) is 1. The lowest BCUT2D eigenvalue weighted by molar-refractivity contribution is 0.112. The lowest BCUT2D eigenvalue weighted by atomic mass is 10.2. The van der Waals surface area contributed by atoms with Gasteiger partial charge in [0.2, 0.25) is 0 Å². The number of nitrogens with zero attached hydrogens (tertiary/aromatic N) is 1. The topological polar surface area (TPSA) is 32.3 Å². The number of carbonyl (C=O) groups excluding carboxylic acids is 1. The van der Waals surface area contributed by atoms with E-state index in [9.17, 15) is 4.79 Å². The third kappa shape index (κ3) is 12.6. The number of alkyl halides is 1. The maximum absolute atomic E-state index is 10.6. The molecule has 0 spiro atoms. The molecule has 2 aromatic carbocycles. The van der Waals surface area contributed by atoms with Crippen LogP contribution >= 0.6 is 39.6 Å². The number of halogens is 1. The molecule has 2 rings (SSSR count). The van der Waals surface area contributed by atoms with Crippen molar-refractivity contribution >= 4 is 57.3 Å². The highest BCUT2D eigenvalue weighted by Gasteiger charge is 2.03. The highest BCUT2D eigenvalue weighted by Crippen LogP contribution is 2.22. The molecule has 0 unspecified atom stereocenters. The summed E-state index contributed by atoms with van der Waals surface area (Å²) in [6, 6.07) is 16.2. The summed E-state index contributed by atoms with van der Waals surface area (Å²) in [4.78, 5) is 12.0. The van der Waals surface area contributed by atoms with Crippen LogP contribution in [0.15, 0.2) is 53.4 Å². The van der Waals surface area contributed by atoms with Gasteiger partial charge in [-0.15, -0.1) is 11.8 Å². The number of hydrogen-bond donors (Lipinski definition) is 1. The van der Waals surface area contributed by atoms with Gasteiger partial charge in [-0.25, -0.2) is 0 Å². The number of carbonyl (C=O) groups is 1. The largest absolute Gasteiger partial charge is 0.388 e. The van der Waals surface area contributed by atoms with Crippen LogP contribution in [0, 0.1) is 0 Å². The first kappa shape index (κ1) is 28.9. The Bertz CT molecular complexity index is 669. The number of thioether (sulfide) groups is 1. The van der Waals surface area contributed by atoms with Crippen LogP contribution in [0.3, 0.4) is 0 Å². The fourth-order valence-corrected chi connectivity index (χ4v) is 3.86. The molecular formula is C24H37BrN2OS2. The molecule has 6 heteroatoms. The monoisotopic (exact) mass is 512 g/mol. The van der Waals surface area contributed by atoms with E-state index in [1.54, 1.807) is 11.9 Å². The molecule has 0 aliphatic heterocycles. The predicted octanol–water partition coefficient (Wildman–Crippen LogP) is 8.02. The summed E-state index contributed by atoms with van der Waals surface area (Å²) < 4.78 is 1.96. The molecule has 3 nitrogen and oxygen atoms in total. The summed E-state index contributed by atoms with van der Waals surface area (Å²) in [7, 11) is 3.89. The Balaban J connectivity index is 0.000000535. The van der Waals surface area contributed by atoms with Gasteiger partial charge in [-0.1, -0.05) is 72.6 Å². The van der Waals surface area contributed by atoms with Gasteiger partial charge in [-0.2, -0.15) is 0 Å². The van der Waals surface area contributed by atoms with Gasteiger partial charge in [0, 0.05) is 36.5 Å². The van der Waals surface area contributed by atoms with E-state index in [0.717, 1.165) is 17.5 Å². The minimum Gasteiger partial charge on any atom is -0.388 e. The Morgan fingerprint density at radius 1 is 1.00 bits per heavy atom. The van der Waals surface area contributed by atoms with Crippen molar-refractivity contribution in [3.63, 3.8) is 0 Å². The zero-order valence-electron chi connectivity index (χ0n) is 19.0. The van der Waals surface area contributed by atoms with Gasteiger partial charge in [0.25, 0.3) is 0 Å². The molecule has 0 heterocycles. The van der Waals surface area contributed by atoms with Gasteiger partial charge in [0.15, 0.2) is 6.29 Å². The van der Waals surface area contributed by atoms with Crippen molar-refractivity contribution in [2.75, 3.05) is 41.6 Å². The van der Waals surface area contributed by atoms with Crippen molar-refractivity contribution in [3.8, 4) is 0 Å². The molecule has 0 fully saturated rings. The highest BCUT2D eigenvalue weighted by molar-refractivity contribution is 9.08. The summed E-state index contributed by atoms with van der Waals surface area (Å²) in [6.07, 6.45) is 9.70. The van der Waals surface area contributed by atoms with Crippen molar-refractivity contribution in [1.29, 1.82) is 0 Å². The SMILES string of the molecule is CBr.CCCCCCCSc1ccc(NC)cc1.CSN(C)c1ccccc1C=O. The van der Waals surface area contributed by atoms with E-state index in [-0.39, 0.29) is 0 Å². The number of rotatable bonds is 11. The number of hydrogen-bond acceptors (Lipinski definition) is 5. The molecule has 0 atom stereocenters. The number of anilines is 2. The number of aldehydes is 1. The normalized spacial score (nSPS) is 9.53. The first-order valence-corrected chi connectivity index (χ1v) is 14.0. The maximum Gasteiger partial charge on any atom is 0.152 e. The predicted molar refractivity (Wildman–Crippen MR) is 144 cm³/mol. The van der Waals surface area contributed by atoms with E-state index < -0.39 is 0 Å². The van der Waals surface area contributed by atoms with Crippen molar-refractivity contribution in [1.82, 2.24) is 0 Å². The van der Waals surface area contributed by atoms with Crippen LogP contribution in [0.4, 0.5) is 11.4 Å². The van der Waals surface area contributed by atoms with Crippen molar-refractivity contribution < 1.29 is 4.79 Å². The second kappa shape index (κ2) is 19.8. The molecule has 0 radical (unpaired) electrons. The first-order chi connectivity index (χ1) is 14.7. The van der Waals surface area contributed by atoms with Crippen LogP contribution in [-0.4, -0.2) is 38.2 Å². The minimum absolute atomic E-state index is 0.731. The third-order valence-electron chi connectivity index (χ3n) is 4.34. The zero-order valence-corrected chi connectivity index (χ0v) is 22.2. The molecule has 0 saturated carbocycles. The second-order valence-electron chi connectivity index (χ2n) is 6.39.